The molecule has 1 aliphatic heterocycles. The third kappa shape index (κ3) is 2.43. The van der Waals surface area contributed by atoms with Gasteiger partial charge < -0.3 is 0 Å². The second kappa shape index (κ2) is 5.35. The second-order valence-electron chi connectivity index (χ2n) is 5.20. The average Bonchev–Trinajstić information content (AvgIpc) is 3.02. The summed E-state index contributed by atoms with van der Waals surface area (Å²) < 4.78 is 0. The molecule has 3 aliphatic carbocycles. The monoisotopic (exact) mass is 279 g/mol. The minimum atomic E-state index is 0.812. The maximum absolute atomic E-state index is 4.55. The molecule has 0 bridgehead atoms. The molecule has 0 unspecified atom stereocenters. The van der Waals surface area contributed by atoms with Gasteiger partial charge >= 0.3 is 0 Å². The van der Waals surface area contributed by atoms with Gasteiger partial charge in [-0.1, -0.05) is 60.5 Å². The number of nitrogens with zero attached hydrogens (tertiary/aromatic N) is 1. The minimum absolute atomic E-state index is 0.812. The summed E-state index contributed by atoms with van der Waals surface area (Å²) in [5.74, 6) is 6.36. The van der Waals surface area contributed by atoms with Gasteiger partial charge in [0.15, 0.2) is 0 Å². The van der Waals surface area contributed by atoms with Crippen LogP contribution in [-0.4, -0.2) is 4.98 Å². The maximum atomic E-state index is 4.55. The Morgan fingerprint density at radius 3 is 2.14 bits per heavy atom. The molecule has 0 radical (unpaired) electrons. The third-order valence-electron chi connectivity index (χ3n) is 3.69. The van der Waals surface area contributed by atoms with Crippen molar-refractivity contribution in [3.8, 4) is 34.2 Å². The van der Waals surface area contributed by atoms with Gasteiger partial charge in [-0.05, 0) is 41.3 Å². The first-order valence-electron chi connectivity index (χ1n) is 7.25. The molecule has 1 nitrogen and oxygen atoms in total. The SMILES string of the molecule is C(#Cc1cc2cccccc-2n1)c1ccc2cccc-2cc1. The molecule has 0 aromatic carbocycles. The summed E-state index contributed by atoms with van der Waals surface area (Å²) in [6, 6.07) is 26.7. The summed E-state index contributed by atoms with van der Waals surface area (Å²) in [5, 5.41) is 0. The molecule has 0 aromatic heterocycles. The molecule has 0 amide bonds. The molecule has 0 aromatic rings. The Morgan fingerprint density at radius 1 is 0.591 bits per heavy atom. The predicted octanol–water partition coefficient (Wildman–Crippen LogP) is 4.69. The van der Waals surface area contributed by atoms with Crippen LogP contribution in [-0.2, 0) is 0 Å². The quantitative estimate of drug-likeness (QED) is 0.425. The zero-order valence-electron chi connectivity index (χ0n) is 12.0. The van der Waals surface area contributed by atoms with Gasteiger partial charge in [0.2, 0.25) is 0 Å². The maximum Gasteiger partial charge on any atom is 0.114 e. The van der Waals surface area contributed by atoms with E-state index in [1.807, 2.05) is 30.3 Å². The van der Waals surface area contributed by atoms with Gasteiger partial charge in [-0.2, -0.15) is 0 Å². The molecular weight excluding hydrogens is 266 g/mol. The first-order valence-corrected chi connectivity index (χ1v) is 7.25. The van der Waals surface area contributed by atoms with Crippen molar-refractivity contribution in [2.75, 3.05) is 0 Å². The molecule has 0 saturated carbocycles. The van der Waals surface area contributed by atoms with Crippen LogP contribution in [0.15, 0.2) is 78.9 Å². The van der Waals surface area contributed by atoms with E-state index >= 15 is 0 Å². The van der Waals surface area contributed by atoms with Crippen LogP contribution in [0.3, 0.4) is 0 Å². The highest BCUT2D eigenvalue weighted by Gasteiger charge is 2.04. The summed E-state index contributed by atoms with van der Waals surface area (Å²) >= 11 is 0. The Hall–Kier alpha value is -3.11. The van der Waals surface area contributed by atoms with Gasteiger partial charge in [0.05, 0.1) is 5.69 Å². The van der Waals surface area contributed by atoms with E-state index in [9.17, 15) is 0 Å². The molecule has 102 valence electrons. The number of rotatable bonds is 0. The Morgan fingerprint density at radius 2 is 1.32 bits per heavy atom. The van der Waals surface area contributed by atoms with Crippen LogP contribution in [0.5, 0.6) is 0 Å². The Balaban J connectivity index is 1.72. The van der Waals surface area contributed by atoms with Crippen LogP contribution < -0.4 is 0 Å². The van der Waals surface area contributed by atoms with E-state index in [1.54, 1.807) is 0 Å². The van der Waals surface area contributed by atoms with E-state index in [0.29, 0.717) is 0 Å². The number of fused-ring (bicyclic) bond motifs is 2. The number of aromatic nitrogens is 1. The van der Waals surface area contributed by atoms with Crippen LogP contribution in [0, 0.1) is 11.8 Å². The van der Waals surface area contributed by atoms with Gasteiger partial charge in [0, 0.05) is 11.1 Å². The Kier molecular flexibility index (Phi) is 3.07. The van der Waals surface area contributed by atoms with E-state index in [1.165, 1.54) is 11.1 Å². The minimum Gasteiger partial charge on any atom is -0.239 e. The fourth-order valence-electron chi connectivity index (χ4n) is 2.53. The largest absolute Gasteiger partial charge is 0.239 e. The van der Waals surface area contributed by atoms with Gasteiger partial charge in [0.25, 0.3) is 0 Å². The predicted molar refractivity (Wildman–Crippen MR) is 89.9 cm³/mol. The van der Waals surface area contributed by atoms with Crippen LogP contribution >= 0.6 is 0 Å². The summed E-state index contributed by atoms with van der Waals surface area (Å²) in [6.45, 7) is 0. The fraction of sp³-hybridized carbons (Fsp3) is 0. The molecule has 22 heavy (non-hydrogen) atoms. The highest BCUT2D eigenvalue weighted by Crippen LogP contribution is 2.22. The molecule has 4 aliphatic rings. The van der Waals surface area contributed by atoms with Crippen LogP contribution in [0.2, 0.25) is 0 Å². The molecule has 0 atom stereocenters. The van der Waals surface area contributed by atoms with Crippen molar-refractivity contribution in [2.24, 2.45) is 0 Å². The molecule has 0 spiro atoms. The van der Waals surface area contributed by atoms with Gasteiger partial charge in [-0.25, -0.2) is 4.98 Å². The lowest BCUT2D eigenvalue weighted by atomic mass is 10.2. The van der Waals surface area contributed by atoms with E-state index in [-0.39, 0.29) is 0 Å². The van der Waals surface area contributed by atoms with E-state index in [2.05, 4.69) is 65.4 Å². The molecule has 0 fully saturated rings. The summed E-state index contributed by atoms with van der Waals surface area (Å²) in [7, 11) is 0. The molecule has 1 heteroatoms. The van der Waals surface area contributed by atoms with Gasteiger partial charge in [-0.15, -0.1) is 0 Å². The van der Waals surface area contributed by atoms with Crippen molar-refractivity contribution < 1.29 is 0 Å². The first-order chi connectivity index (χ1) is 10.9. The fourth-order valence-corrected chi connectivity index (χ4v) is 2.53. The molecule has 4 rings (SSSR count). The summed E-state index contributed by atoms with van der Waals surface area (Å²) in [6.07, 6.45) is 0. The second-order valence-corrected chi connectivity index (χ2v) is 5.20. The first kappa shape index (κ1) is 12.6. The van der Waals surface area contributed by atoms with Gasteiger partial charge in [-0.3, -0.25) is 0 Å². The van der Waals surface area contributed by atoms with Crippen molar-refractivity contribution in [3.05, 3.63) is 90.1 Å². The van der Waals surface area contributed by atoms with Crippen LogP contribution in [0.25, 0.3) is 22.4 Å². The van der Waals surface area contributed by atoms with E-state index in [4.69, 9.17) is 0 Å². The number of hydrogen-bond donors (Lipinski definition) is 0. The van der Waals surface area contributed by atoms with Crippen molar-refractivity contribution in [3.63, 3.8) is 0 Å². The Labute approximate surface area is 130 Å². The normalized spacial score (nSPS) is 10.4. The van der Waals surface area contributed by atoms with E-state index < -0.39 is 0 Å². The average molecular weight is 279 g/mol. The summed E-state index contributed by atoms with van der Waals surface area (Å²) in [5.41, 5.74) is 6.37. The lowest BCUT2D eigenvalue weighted by Gasteiger charge is -1.85. The highest BCUT2D eigenvalue weighted by molar-refractivity contribution is 5.67. The molecule has 1 heterocycles. The smallest absolute Gasteiger partial charge is 0.114 e. The lowest BCUT2D eigenvalue weighted by Crippen LogP contribution is -1.73. The van der Waals surface area contributed by atoms with Crippen molar-refractivity contribution >= 4 is 0 Å². The van der Waals surface area contributed by atoms with Gasteiger partial charge in [0.1, 0.15) is 5.69 Å². The van der Waals surface area contributed by atoms with Crippen LogP contribution in [0.4, 0.5) is 0 Å². The van der Waals surface area contributed by atoms with E-state index in [0.717, 1.165) is 22.5 Å². The highest BCUT2D eigenvalue weighted by atomic mass is 14.7. The standard InChI is InChI=1S/C21H13N/c1-2-5-19-15-20(22-21(19)8-3-1)14-11-16-9-12-17-6-4-7-18(17)13-10-16/h1-10,12-13,15H. The Bertz CT molecular complexity index is 875. The van der Waals surface area contributed by atoms with Crippen LogP contribution in [0.1, 0.15) is 11.3 Å². The van der Waals surface area contributed by atoms with Crippen molar-refractivity contribution in [2.45, 2.75) is 0 Å². The zero-order valence-corrected chi connectivity index (χ0v) is 12.0. The molecule has 0 saturated heterocycles. The molecular formula is C21H13N. The van der Waals surface area contributed by atoms with Crippen molar-refractivity contribution in [1.82, 2.24) is 4.98 Å². The lowest BCUT2D eigenvalue weighted by molar-refractivity contribution is 1.37. The molecule has 0 N–H and O–H groups in total. The third-order valence-corrected chi connectivity index (χ3v) is 3.69. The van der Waals surface area contributed by atoms with Crippen molar-refractivity contribution in [1.29, 1.82) is 0 Å². The summed E-state index contributed by atoms with van der Waals surface area (Å²) in [4.78, 5) is 4.55. The number of hydrogen-bond acceptors (Lipinski definition) is 1. The zero-order chi connectivity index (χ0) is 14.8. The topological polar surface area (TPSA) is 12.9 Å².